The van der Waals surface area contributed by atoms with Gasteiger partial charge in [0.05, 0.1) is 17.6 Å². The van der Waals surface area contributed by atoms with Crippen LogP contribution < -0.4 is 0 Å². The summed E-state index contributed by atoms with van der Waals surface area (Å²) in [5.41, 5.74) is 1.79. The highest BCUT2D eigenvalue weighted by atomic mass is 32.1. The minimum Gasteiger partial charge on any atom is -0.382 e. The Morgan fingerprint density at radius 2 is 1.77 bits per heavy atom. The van der Waals surface area contributed by atoms with Crippen molar-refractivity contribution in [3.63, 3.8) is 0 Å². The molecular weight excluding hydrogens is 390 g/mol. The smallest absolute Gasteiger partial charge is 0.140 e. The Morgan fingerprint density at radius 1 is 1.13 bits per heavy atom. The average Bonchev–Trinajstić information content (AvgIpc) is 3.07. The largest absolute Gasteiger partial charge is 0.382 e. The van der Waals surface area contributed by atoms with Gasteiger partial charge in [-0.3, -0.25) is 0 Å². The maximum Gasteiger partial charge on any atom is 0.140 e. The highest BCUT2D eigenvalue weighted by Gasteiger charge is 2.58. The molecule has 0 radical (unpaired) electrons. The van der Waals surface area contributed by atoms with Crippen molar-refractivity contribution in [3.05, 3.63) is 84.4 Å². The summed E-state index contributed by atoms with van der Waals surface area (Å²) >= 11 is 6.23. The van der Waals surface area contributed by atoms with E-state index in [-0.39, 0.29) is 23.5 Å². The number of piperidine rings is 1. The molecule has 0 unspecified atom stereocenters. The van der Waals surface area contributed by atoms with Gasteiger partial charge in [-0.2, -0.15) is 0 Å². The van der Waals surface area contributed by atoms with Crippen molar-refractivity contribution in [1.82, 2.24) is 4.90 Å². The van der Waals surface area contributed by atoms with Gasteiger partial charge in [-0.25, -0.2) is 0 Å². The molecule has 2 aromatic rings. The SMILES string of the molecule is C=C[C@@H](c1ccccc1)[C@]1(C)CC[C@@]2(C)O[C@@H](c3ccccc3)[C@H](COC)N2C1=S. The molecule has 2 heterocycles. The summed E-state index contributed by atoms with van der Waals surface area (Å²) < 4.78 is 12.4. The number of ether oxygens (including phenoxy) is 2. The lowest BCUT2D eigenvalue weighted by molar-refractivity contribution is -0.0925. The summed E-state index contributed by atoms with van der Waals surface area (Å²) in [5.74, 6) is 0.148. The normalized spacial score (nSPS) is 32.0. The van der Waals surface area contributed by atoms with Gasteiger partial charge in [0.15, 0.2) is 0 Å². The molecule has 2 aliphatic rings. The number of thiocarbonyl (C=S) groups is 1. The zero-order valence-electron chi connectivity index (χ0n) is 18.1. The Hall–Kier alpha value is -2.01. The minimum absolute atomic E-state index is 0.0377. The van der Waals surface area contributed by atoms with Gasteiger partial charge in [-0.05, 0) is 30.9 Å². The molecule has 158 valence electrons. The molecule has 4 rings (SSSR count). The molecule has 0 saturated carbocycles. The summed E-state index contributed by atoms with van der Waals surface area (Å²) in [6, 6.07) is 21.0. The third-order valence-electron chi connectivity index (χ3n) is 6.93. The van der Waals surface area contributed by atoms with Crippen LogP contribution in [0.4, 0.5) is 0 Å². The van der Waals surface area contributed by atoms with E-state index in [1.165, 1.54) is 11.1 Å². The first-order chi connectivity index (χ1) is 14.4. The lowest BCUT2D eigenvalue weighted by Crippen LogP contribution is -2.60. The maximum atomic E-state index is 6.72. The first-order valence-electron chi connectivity index (χ1n) is 10.7. The molecular formula is C26H31NO2S. The van der Waals surface area contributed by atoms with Crippen LogP contribution in [0.2, 0.25) is 0 Å². The Bertz CT molecular complexity index is 902. The summed E-state index contributed by atoms with van der Waals surface area (Å²) in [5, 5.41) is 0. The van der Waals surface area contributed by atoms with Crippen LogP contribution in [0.25, 0.3) is 0 Å². The third kappa shape index (κ3) is 3.41. The second-order valence-corrected chi connectivity index (χ2v) is 9.25. The van der Waals surface area contributed by atoms with Gasteiger partial charge in [0, 0.05) is 18.4 Å². The number of nitrogens with zero attached hydrogens (tertiary/aromatic N) is 1. The van der Waals surface area contributed by atoms with Crippen molar-refractivity contribution in [3.8, 4) is 0 Å². The van der Waals surface area contributed by atoms with Crippen molar-refractivity contribution in [2.24, 2.45) is 5.41 Å². The fourth-order valence-corrected chi connectivity index (χ4v) is 5.85. The van der Waals surface area contributed by atoms with Gasteiger partial charge in [0.2, 0.25) is 0 Å². The molecule has 0 amide bonds. The highest BCUT2D eigenvalue weighted by Crippen LogP contribution is 2.55. The predicted octanol–water partition coefficient (Wildman–Crippen LogP) is 5.89. The van der Waals surface area contributed by atoms with Gasteiger partial charge < -0.3 is 14.4 Å². The van der Waals surface area contributed by atoms with E-state index in [0.29, 0.717) is 6.61 Å². The highest BCUT2D eigenvalue weighted by molar-refractivity contribution is 7.80. The zero-order chi connectivity index (χ0) is 21.4. The van der Waals surface area contributed by atoms with E-state index in [4.69, 9.17) is 21.7 Å². The number of methoxy groups -OCH3 is 1. The number of fused-ring (bicyclic) bond motifs is 1. The van der Waals surface area contributed by atoms with Gasteiger partial charge >= 0.3 is 0 Å². The van der Waals surface area contributed by atoms with Gasteiger partial charge in [-0.15, -0.1) is 6.58 Å². The van der Waals surface area contributed by atoms with Crippen LogP contribution >= 0.6 is 12.2 Å². The van der Waals surface area contributed by atoms with Crippen LogP contribution in [0.15, 0.2) is 73.3 Å². The molecule has 0 bridgehead atoms. The molecule has 2 saturated heterocycles. The zero-order valence-corrected chi connectivity index (χ0v) is 18.9. The lowest BCUT2D eigenvalue weighted by Gasteiger charge is -2.52. The van der Waals surface area contributed by atoms with Crippen molar-refractivity contribution in [1.29, 1.82) is 0 Å². The number of allylic oxidation sites excluding steroid dienone is 1. The third-order valence-corrected chi connectivity index (χ3v) is 7.60. The monoisotopic (exact) mass is 421 g/mol. The Kier molecular flexibility index (Phi) is 5.84. The van der Waals surface area contributed by atoms with Gasteiger partial charge in [-0.1, -0.05) is 85.9 Å². The molecule has 2 fully saturated rings. The van der Waals surface area contributed by atoms with E-state index in [1.807, 2.05) is 6.07 Å². The van der Waals surface area contributed by atoms with Gasteiger partial charge in [0.1, 0.15) is 11.8 Å². The first-order valence-corrected chi connectivity index (χ1v) is 11.1. The molecule has 2 aromatic carbocycles. The van der Waals surface area contributed by atoms with Crippen LogP contribution in [0, 0.1) is 5.41 Å². The second kappa shape index (κ2) is 8.26. The van der Waals surface area contributed by atoms with Crippen LogP contribution in [-0.2, 0) is 9.47 Å². The van der Waals surface area contributed by atoms with E-state index in [0.717, 1.165) is 17.8 Å². The van der Waals surface area contributed by atoms with Crippen molar-refractivity contribution in [2.75, 3.05) is 13.7 Å². The molecule has 5 atom stereocenters. The molecule has 30 heavy (non-hydrogen) atoms. The molecule has 0 aromatic heterocycles. The molecule has 4 heteroatoms. The van der Waals surface area contributed by atoms with E-state index in [9.17, 15) is 0 Å². The van der Waals surface area contributed by atoms with Crippen molar-refractivity contribution in [2.45, 2.75) is 50.5 Å². The first kappa shape index (κ1) is 21.2. The second-order valence-electron chi connectivity index (χ2n) is 8.86. The summed E-state index contributed by atoms with van der Waals surface area (Å²) in [7, 11) is 1.75. The van der Waals surface area contributed by atoms with Crippen LogP contribution in [-0.4, -0.2) is 35.4 Å². The van der Waals surface area contributed by atoms with Crippen LogP contribution in [0.3, 0.4) is 0 Å². The molecule has 0 N–H and O–H groups in total. The molecule has 0 spiro atoms. The van der Waals surface area contributed by atoms with Crippen LogP contribution in [0.1, 0.15) is 49.8 Å². The summed E-state index contributed by atoms with van der Waals surface area (Å²) in [6.45, 7) is 9.21. The Labute approximate surface area is 185 Å². The van der Waals surface area contributed by atoms with Crippen LogP contribution in [0.5, 0.6) is 0 Å². The van der Waals surface area contributed by atoms with E-state index in [1.54, 1.807) is 7.11 Å². The molecule has 2 aliphatic heterocycles. The summed E-state index contributed by atoms with van der Waals surface area (Å²) in [6.07, 6.45) is 3.84. The standard InChI is InChI=1S/C26H31NO2S/c1-5-21(19-12-8-6-9-13-19)25(2)16-17-26(3)27(24(25)30)22(18-28-4)23(29-26)20-14-10-7-11-15-20/h5-15,21-23H,1,16-18H2,2-4H3/t21-,22-,23-,25-,26+/m0/s1. The van der Waals surface area contributed by atoms with Crippen molar-refractivity contribution < 1.29 is 9.47 Å². The minimum atomic E-state index is -0.428. The van der Waals surface area contributed by atoms with E-state index < -0.39 is 5.72 Å². The number of hydrogen-bond donors (Lipinski definition) is 0. The fraction of sp³-hybridized carbons (Fsp3) is 0.423. The number of rotatable bonds is 6. The fourth-order valence-electron chi connectivity index (χ4n) is 5.29. The van der Waals surface area contributed by atoms with E-state index >= 15 is 0 Å². The Balaban J connectivity index is 1.73. The predicted molar refractivity (Wildman–Crippen MR) is 125 cm³/mol. The Morgan fingerprint density at radius 3 is 2.37 bits per heavy atom. The summed E-state index contributed by atoms with van der Waals surface area (Å²) in [4.78, 5) is 3.29. The quantitative estimate of drug-likeness (QED) is 0.428. The van der Waals surface area contributed by atoms with Gasteiger partial charge in [0.25, 0.3) is 0 Å². The maximum absolute atomic E-state index is 6.72. The number of hydrogen-bond acceptors (Lipinski definition) is 3. The number of benzene rings is 2. The molecule has 3 nitrogen and oxygen atoms in total. The average molecular weight is 422 g/mol. The van der Waals surface area contributed by atoms with E-state index in [2.05, 4.69) is 86.0 Å². The van der Waals surface area contributed by atoms with Crippen molar-refractivity contribution >= 4 is 17.2 Å². The topological polar surface area (TPSA) is 21.7 Å². The lowest BCUT2D eigenvalue weighted by atomic mass is 9.67. The molecule has 0 aliphatic carbocycles.